The third kappa shape index (κ3) is 2.26. The summed E-state index contributed by atoms with van der Waals surface area (Å²) in [4.78, 5) is 2.06. The molecule has 0 spiro atoms. The van der Waals surface area contributed by atoms with Gasteiger partial charge in [-0.1, -0.05) is 0 Å². The van der Waals surface area contributed by atoms with Crippen LogP contribution in [0.1, 0.15) is 31.4 Å². The second-order valence-electron chi connectivity index (χ2n) is 4.29. The Balaban J connectivity index is 2.08. The van der Waals surface area contributed by atoms with Crippen molar-refractivity contribution >= 4 is 5.82 Å². The van der Waals surface area contributed by atoms with Gasteiger partial charge >= 0.3 is 0 Å². The molecule has 1 unspecified atom stereocenters. The van der Waals surface area contributed by atoms with Crippen molar-refractivity contribution in [3.63, 3.8) is 0 Å². The summed E-state index contributed by atoms with van der Waals surface area (Å²) in [6, 6.07) is 4.41. The first kappa shape index (κ1) is 10.4. The van der Waals surface area contributed by atoms with Crippen LogP contribution in [0.2, 0.25) is 0 Å². The molecule has 1 saturated carbocycles. The van der Waals surface area contributed by atoms with Gasteiger partial charge in [0.15, 0.2) is 5.82 Å². The van der Waals surface area contributed by atoms with Crippen LogP contribution in [-0.4, -0.2) is 29.8 Å². The Kier molecular flexibility index (Phi) is 2.86. The van der Waals surface area contributed by atoms with E-state index in [0.717, 1.165) is 11.5 Å². The van der Waals surface area contributed by atoms with Crippen molar-refractivity contribution in [2.75, 3.05) is 18.5 Å². The highest BCUT2D eigenvalue weighted by atomic mass is 15.3. The summed E-state index contributed by atoms with van der Waals surface area (Å²) < 4.78 is 0. The van der Waals surface area contributed by atoms with E-state index < -0.39 is 0 Å². The van der Waals surface area contributed by atoms with Crippen LogP contribution in [0.25, 0.3) is 0 Å². The Morgan fingerprint density at radius 2 is 2.20 bits per heavy atom. The molecule has 1 heterocycles. The molecule has 15 heavy (non-hydrogen) atoms. The van der Waals surface area contributed by atoms with Crippen molar-refractivity contribution in [1.29, 1.82) is 0 Å². The molecule has 1 aromatic heterocycles. The van der Waals surface area contributed by atoms with E-state index in [4.69, 9.17) is 5.73 Å². The number of aromatic nitrogens is 2. The van der Waals surface area contributed by atoms with Crippen molar-refractivity contribution < 1.29 is 0 Å². The zero-order valence-corrected chi connectivity index (χ0v) is 9.35. The second-order valence-corrected chi connectivity index (χ2v) is 4.29. The molecule has 1 aromatic rings. The zero-order chi connectivity index (χ0) is 10.8. The van der Waals surface area contributed by atoms with E-state index >= 15 is 0 Å². The van der Waals surface area contributed by atoms with E-state index in [0.29, 0.717) is 18.5 Å². The van der Waals surface area contributed by atoms with Crippen molar-refractivity contribution in [1.82, 2.24) is 10.2 Å². The predicted octanol–water partition coefficient (Wildman–Crippen LogP) is 1.14. The number of rotatable bonds is 4. The molecule has 2 N–H and O–H groups in total. The number of nitrogens with zero attached hydrogens (tertiary/aromatic N) is 3. The summed E-state index contributed by atoms with van der Waals surface area (Å²) in [5.41, 5.74) is 6.74. The smallest absolute Gasteiger partial charge is 0.151 e. The Morgan fingerprint density at radius 1 is 1.47 bits per heavy atom. The minimum absolute atomic E-state index is 0.297. The third-order valence-corrected chi connectivity index (χ3v) is 3.03. The maximum absolute atomic E-state index is 5.61. The highest BCUT2D eigenvalue weighted by molar-refractivity contribution is 5.38. The minimum atomic E-state index is 0.297. The molecular formula is C11H18N4. The maximum Gasteiger partial charge on any atom is 0.151 e. The Bertz CT molecular complexity index is 318. The molecule has 0 radical (unpaired) electrons. The quantitative estimate of drug-likeness (QED) is 0.802. The van der Waals surface area contributed by atoms with Gasteiger partial charge in [0, 0.05) is 25.6 Å². The molecule has 0 bridgehead atoms. The van der Waals surface area contributed by atoms with Gasteiger partial charge in [-0.05, 0) is 31.9 Å². The van der Waals surface area contributed by atoms with E-state index in [9.17, 15) is 0 Å². The van der Waals surface area contributed by atoms with Gasteiger partial charge < -0.3 is 10.6 Å². The second kappa shape index (κ2) is 4.14. The number of anilines is 1. The van der Waals surface area contributed by atoms with Crippen LogP contribution in [0, 0.1) is 0 Å². The molecule has 0 aromatic carbocycles. The SMILES string of the molecule is CC(CN)N(C)c1ccc(C2CC2)nn1. The molecule has 1 fully saturated rings. The van der Waals surface area contributed by atoms with Crippen LogP contribution in [0.3, 0.4) is 0 Å². The number of nitrogens with two attached hydrogens (primary N) is 1. The van der Waals surface area contributed by atoms with Gasteiger partial charge in [0.1, 0.15) is 0 Å². The van der Waals surface area contributed by atoms with Gasteiger partial charge in [0.05, 0.1) is 5.69 Å². The van der Waals surface area contributed by atoms with Crippen molar-refractivity contribution in [3.05, 3.63) is 17.8 Å². The normalized spacial score (nSPS) is 17.5. The number of likely N-dealkylation sites (N-methyl/N-ethyl adjacent to an activating group) is 1. The molecule has 4 heteroatoms. The van der Waals surface area contributed by atoms with Crippen molar-refractivity contribution in [2.45, 2.75) is 31.7 Å². The fourth-order valence-electron chi connectivity index (χ4n) is 1.50. The summed E-state index contributed by atoms with van der Waals surface area (Å²) in [5.74, 6) is 1.57. The average molecular weight is 206 g/mol. The summed E-state index contributed by atoms with van der Waals surface area (Å²) >= 11 is 0. The van der Waals surface area contributed by atoms with Crippen LogP contribution in [0.5, 0.6) is 0 Å². The van der Waals surface area contributed by atoms with Crippen LogP contribution < -0.4 is 10.6 Å². The monoisotopic (exact) mass is 206 g/mol. The highest BCUT2D eigenvalue weighted by Gasteiger charge is 2.25. The van der Waals surface area contributed by atoms with Crippen LogP contribution in [-0.2, 0) is 0 Å². The third-order valence-electron chi connectivity index (χ3n) is 3.03. The van der Waals surface area contributed by atoms with Crippen LogP contribution >= 0.6 is 0 Å². The molecule has 82 valence electrons. The molecular weight excluding hydrogens is 188 g/mol. The molecule has 1 atom stereocenters. The zero-order valence-electron chi connectivity index (χ0n) is 9.35. The first-order valence-electron chi connectivity index (χ1n) is 5.49. The molecule has 0 saturated heterocycles. The van der Waals surface area contributed by atoms with Gasteiger partial charge in [0.2, 0.25) is 0 Å². The Labute approximate surface area is 90.5 Å². The topological polar surface area (TPSA) is 55.0 Å². The fraction of sp³-hybridized carbons (Fsp3) is 0.636. The summed E-state index contributed by atoms with van der Waals surface area (Å²) in [6.45, 7) is 2.71. The molecule has 4 nitrogen and oxygen atoms in total. The van der Waals surface area contributed by atoms with Crippen LogP contribution in [0.15, 0.2) is 12.1 Å². The van der Waals surface area contributed by atoms with Gasteiger partial charge in [-0.15, -0.1) is 5.10 Å². The molecule has 0 amide bonds. The minimum Gasteiger partial charge on any atom is -0.354 e. The van der Waals surface area contributed by atoms with Crippen molar-refractivity contribution in [3.8, 4) is 0 Å². The lowest BCUT2D eigenvalue weighted by Gasteiger charge is -2.24. The van der Waals surface area contributed by atoms with E-state index in [-0.39, 0.29) is 0 Å². The molecule has 1 aliphatic carbocycles. The summed E-state index contributed by atoms with van der Waals surface area (Å²) in [5, 5.41) is 8.48. The average Bonchev–Trinajstić information content (AvgIpc) is 3.11. The van der Waals surface area contributed by atoms with Gasteiger partial charge in [-0.2, -0.15) is 5.10 Å². The molecule has 1 aliphatic rings. The van der Waals surface area contributed by atoms with Gasteiger partial charge in [0.25, 0.3) is 0 Å². The van der Waals surface area contributed by atoms with Crippen LogP contribution in [0.4, 0.5) is 5.82 Å². The van der Waals surface area contributed by atoms with E-state index in [1.54, 1.807) is 0 Å². The summed E-state index contributed by atoms with van der Waals surface area (Å²) in [6.07, 6.45) is 2.53. The first-order chi connectivity index (χ1) is 7.22. The standard InChI is InChI=1S/C11H18N4/c1-8(7-12)15(2)11-6-5-10(13-14-11)9-3-4-9/h5-6,8-9H,3-4,7,12H2,1-2H3. The van der Waals surface area contributed by atoms with Crippen molar-refractivity contribution in [2.24, 2.45) is 5.73 Å². The lowest BCUT2D eigenvalue weighted by Crippen LogP contribution is -2.35. The fourth-order valence-corrected chi connectivity index (χ4v) is 1.50. The largest absolute Gasteiger partial charge is 0.354 e. The highest BCUT2D eigenvalue weighted by Crippen LogP contribution is 2.38. The lowest BCUT2D eigenvalue weighted by molar-refractivity contribution is 0.679. The predicted molar refractivity (Wildman–Crippen MR) is 60.9 cm³/mol. The lowest BCUT2D eigenvalue weighted by atomic mass is 10.2. The summed E-state index contributed by atoms with van der Waals surface area (Å²) in [7, 11) is 2.00. The number of hydrogen-bond donors (Lipinski definition) is 1. The van der Waals surface area contributed by atoms with E-state index in [1.165, 1.54) is 12.8 Å². The maximum atomic E-state index is 5.61. The van der Waals surface area contributed by atoms with E-state index in [2.05, 4.69) is 28.1 Å². The first-order valence-corrected chi connectivity index (χ1v) is 5.49. The van der Waals surface area contributed by atoms with E-state index in [1.807, 2.05) is 13.1 Å². The Hall–Kier alpha value is -1.16. The Morgan fingerprint density at radius 3 is 2.67 bits per heavy atom. The molecule has 0 aliphatic heterocycles. The number of hydrogen-bond acceptors (Lipinski definition) is 4. The van der Waals surface area contributed by atoms with Gasteiger partial charge in [-0.3, -0.25) is 0 Å². The molecule has 2 rings (SSSR count). The van der Waals surface area contributed by atoms with Gasteiger partial charge in [-0.25, -0.2) is 0 Å².